The van der Waals surface area contributed by atoms with Gasteiger partial charge in [0.25, 0.3) is 0 Å². The van der Waals surface area contributed by atoms with Crippen molar-refractivity contribution in [3.8, 4) is 11.8 Å². The predicted octanol–water partition coefficient (Wildman–Crippen LogP) is 3.36. The van der Waals surface area contributed by atoms with Crippen LogP contribution in [0.15, 0.2) is 30.3 Å². The maximum Gasteiger partial charge on any atom is 0.0663 e. The minimum atomic E-state index is 0.275. The van der Waals surface area contributed by atoms with E-state index in [-0.39, 0.29) is 6.04 Å². The summed E-state index contributed by atoms with van der Waals surface area (Å²) in [6, 6.07) is 10.7. The van der Waals surface area contributed by atoms with E-state index >= 15 is 0 Å². The third kappa shape index (κ3) is 5.58. The van der Waals surface area contributed by atoms with Crippen LogP contribution in [0.2, 0.25) is 0 Å². The summed E-state index contributed by atoms with van der Waals surface area (Å²) in [7, 11) is 0. The standard InChI is InChI=1S/C15H21N/c1-3-4-5-7-10-14(2)16-13-15-11-8-6-9-12-15/h6,8-9,11-12,14,16H,3-5,13H2,1-2H3/t14-/m1/s1. The molecule has 1 heteroatoms. The molecule has 0 aliphatic rings. The first kappa shape index (κ1) is 12.8. The lowest BCUT2D eigenvalue weighted by Crippen LogP contribution is -2.23. The van der Waals surface area contributed by atoms with E-state index in [9.17, 15) is 0 Å². The van der Waals surface area contributed by atoms with Crippen LogP contribution in [0.1, 0.15) is 38.7 Å². The molecule has 1 atom stereocenters. The molecule has 1 aromatic carbocycles. The fraction of sp³-hybridized carbons (Fsp3) is 0.467. The quantitative estimate of drug-likeness (QED) is 0.586. The lowest BCUT2D eigenvalue weighted by molar-refractivity contribution is 0.647. The Hall–Kier alpha value is -1.26. The molecule has 0 amide bonds. The Morgan fingerprint density at radius 3 is 2.69 bits per heavy atom. The smallest absolute Gasteiger partial charge is 0.0663 e. The molecule has 0 spiro atoms. The average molecular weight is 215 g/mol. The van der Waals surface area contributed by atoms with E-state index in [1.165, 1.54) is 18.4 Å². The van der Waals surface area contributed by atoms with Gasteiger partial charge in [0.1, 0.15) is 0 Å². The minimum Gasteiger partial charge on any atom is -0.300 e. The zero-order chi connectivity index (χ0) is 11.6. The molecule has 1 nitrogen and oxygen atoms in total. The van der Waals surface area contributed by atoms with Crippen LogP contribution in [0.3, 0.4) is 0 Å². The monoisotopic (exact) mass is 215 g/mol. The van der Waals surface area contributed by atoms with Crippen molar-refractivity contribution in [2.45, 2.75) is 45.7 Å². The molecule has 1 rings (SSSR count). The Labute approximate surface area is 99.3 Å². The molecule has 0 radical (unpaired) electrons. The largest absolute Gasteiger partial charge is 0.300 e. The van der Waals surface area contributed by atoms with Gasteiger partial charge in [0.15, 0.2) is 0 Å². The van der Waals surface area contributed by atoms with E-state index in [0.717, 1.165) is 13.0 Å². The average Bonchev–Trinajstić information content (AvgIpc) is 2.33. The van der Waals surface area contributed by atoms with Crippen LogP contribution in [0.5, 0.6) is 0 Å². The summed E-state index contributed by atoms with van der Waals surface area (Å²) >= 11 is 0. The van der Waals surface area contributed by atoms with Crippen molar-refractivity contribution in [2.24, 2.45) is 0 Å². The number of hydrogen-bond acceptors (Lipinski definition) is 1. The summed E-state index contributed by atoms with van der Waals surface area (Å²) < 4.78 is 0. The van der Waals surface area contributed by atoms with Crippen molar-refractivity contribution in [1.29, 1.82) is 0 Å². The molecule has 0 fully saturated rings. The molecule has 0 saturated carbocycles. The Kier molecular flexibility index (Phi) is 6.37. The first-order valence-corrected chi connectivity index (χ1v) is 6.08. The fourth-order valence-corrected chi connectivity index (χ4v) is 1.41. The fourth-order valence-electron chi connectivity index (χ4n) is 1.41. The van der Waals surface area contributed by atoms with Gasteiger partial charge in [-0.15, -0.1) is 5.92 Å². The summed E-state index contributed by atoms with van der Waals surface area (Å²) in [6.45, 7) is 5.20. The third-order valence-electron chi connectivity index (χ3n) is 2.43. The highest BCUT2D eigenvalue weighted by molar-refractivity contribution is 5.15. The van der Waals surface area contributed by atoms with Crippen LogP contribution >= 0.6 is 0 Å². The molecule has 86 valence electrons. The molecule has 0 aliphatic carbocycles. The van der Waals surface area contributed by atoms with E-state index in [1.807, 2.05) is 6.07 Å². The van der Waals surface area contributed by atoms with Gasteiger partial charge in [-0.05, 0) is 18.9 Å². The highest BCUT2D eigenvalue weighted by atomic mass is 14.9. The Morgan fingerprint density at radius 1 is 1.25 bits per heavy atom. The summed E-state index contributed by atoms with van der Waals surface area (Å²) in [4.78, 5) is 0. The second-order valence-corrected chi connectivity index (χ2v) is 4.01. The molecule has 0 heterocycles. The van der Waals surface area contributed by atoms with Crippen molar-refractivity contribution in [1.82, 2.24) is 5.32 Å². The van der Waals surface area contributed by atoms with E-state index in [2.05, 4.69) is 55.3 Å². The Balaban J connectivity index is 2.24. The van der Waals surface area contributed by atoms with E-state index in [0.29, 0.717) is 0 Å². The lowest BCUT2D eigenvalue weighted by atomic mass is 10.2. The molecular formula is C15H21N. The second kappa shape index (κ2) is 7.96. The number of unbranched alkanes of at least 4 members (excludes halogenated alkanes) is 2. The molecule has 1 N–H and O–H groups in total. The number of rotatable bonds is 5. The molecule has 0 bridgehead atoms. The predicted molar refractivity (Wildman–Crippen MR) is 70.0 cm³/mol. The van der Waals surface area contributed by atoms with Crippen LogP contribution in [0.4, 0.5) is 0 Å². The van der Waals surface area contributed by atoms with E-state index in [4.69, 9.17) is 0 Å². The first-order chi connectivity index (χ1) is 7.83. The van der Waals surface area contributed by atoms with Gasteiger partial charge in [0.2, 0.25) is 0 Å². The summed E-state index contributed by atoms with van der Waals surface area (Å²) in [6.07, 6.45) is 3.45. The maximum atomic E-state index is 3.40. The highest BCUT2D eigenvalue weighted by Crippen LogP contribution is 1.98. The van der Waals surface area contributed by atoms with Crippen LogP contribution in [-0.4, -0.2) is 6.04 Å². The molecule has 0 saturated heterocycles. The number of hydrogen-bond donors (Lipinski definition) is 1. The van der Waals surface area contributed by atoms with Gasteiger partial charge >= 0.3 is 0 Å². The van der Waals surface area contributed by atoms with E-state index < -0.39 is 0 Å². The Bertz CT molecular complexity index is 331. The second-order valence-electron chi connectivity index (χ2n) is 4.01. The third-order valence-corrected chi connectivity index (χ3v) is 2.43. The molecule has 1 aromatic rings. The SMILES string of the molecule is CCCCC#C[C@@H](C)NCc1ccccc1. The number of nitrogens with one attached hydrogen (secondary N) is 1. The first-order valence-electron chi connectivity index (χ1n) is 6.08. The number of benzene rings is 1. The van der Waals surface area contributed by atoms with Gasteiger partial charge in [-0.2, -0.15) is 0 Å². The van der Waals surface area contributed by atoms with Gasteiger partial charge in [-0.1, -0.05) is 49.6 Å². The maximum absolute atomic E-state index is 3.40. The van der Waals surface area contributed by atoms with Gasteiger partial charge in [0, 0.05) is 13.0 Å². The van der Waals surface area contributed by atoms with E-state index in [1.54, 1.807) is 0 Å². The zero-order valence-corrected chi connectivity index (χ0v) is 10.3. The van der Waals surface area contributed by atoms with Crippen molar-refractivity contribution in [2.75, 3.05) is 0 Å². The topological polar surface area (TPSA) is 12.0 Å². The van der Waals surface area contributed by atoms with Crippen molar-refractivity contribution < 1.29 is 0 Å². The Morgan fingerprint density at radius 2 is 2.00 bits per heavy atom. The lowest BCUT2D eigenvalue weighted by Gasteiger charge is -2.07. The van der Waals surface area contributed by atoms with Crippen molar-refractivity contribution >= 4 is 0 Å². The highest BCUT2D eigenvalue weighted by Gasteiger charge is 1.95. The molecule has 16 heavy (non-hydrogen) atoms. The summed E-state index contributed by atoms with van der Waals surface area (Å²) in [5, 5.41) is 3.40. The molecule has 0 aliphatic heterocycles. The molecule has 0 unspecified atom stereocenters. The summed E-state index contributed by atoms with van der Waals surface area (Å²) in [5.74, 6) is 6.44. The van der Waals surface area contributed by atoms with Crippen molar-refractivity contribution in [3.63, 3.8) is 0 Å². The van der Waals surface area contributed by atoms with Crippen LogP contribution in [0.25, 0.3) is 0 Å². The normalized spacial score (nSPS) is 11.6. The summed E-state index contributed by atoms with van der Waals surface area (Å²) in [5.41, 5.74) is 1.31. The van der Waals surface area contributed by atoms with Gasteiger partial charge in [-0.25, -0.2) is 0 Å². The molecular weight excluding hydrogens is 194 g/mol. The van der Waals surface area contributed by atoms with Gasteiger partial charge in [0.05, 0.1) is 6.04 Å². The molecule has 0 aromatic heterocycles. The van der Waals surface area contributed by atoms with Crippen LogP contribution < -0.4 is 5.32 Å². The van der Waals surface area contributed by atoms with Gasteiger partial charge < -0.3 is 0 Å². The zero-order valence-electron chi connectivity index (χ0n) is 10.3. The van der Waals surface area contributed by atoms with Crippen LogP contribution in [-0.2, 0) is 6.54 Å². The van der Waals surface area contributed by atoms with Crippen molar-refractivity contribution in [3.05, 3.63) is 35.9 Å². The minimum absolute atomic E-state index is 0.275. The van der Waals surface area contributed by atoms with Gasteiger partial charge in [-0.3, -0.25) is 5.32 Å². The van der Waals surface area contributed by atoms with Crippen LogP contribution in [0, 0.1) is 11.8 Å².